The van der Waals surface area contributed by atoms with Crippen molar-refractivity contribution in [2.24, 2.45) is 0 Å². The highest BCUT2D eigenvalue weighted by Crippen LogP contribution is 2.56. The van der Waals surface area contributed by atoms with E-state index in [4.69, 9.17) is 0 Å². The minimum absolute atomic E-state index is 0.114. The van der Waals surface area contributed by atoms with Crippen LogP contribution in [0.4, 0.5) is 5.69 Å². The zero-order chi connectivity index (χ0) is 23.1. The molecule has 0 saturated carbocycles. The van der Waals surface area contributed by atoms with Crippen molar-refractivity contribution >= 4 is 5.69 Å². The molecule has 0 aliphatic heterocycles. The lowest BCUT2D eigenvalue weighted by atomic mass is 9.67. The number of nitrogens with zero attached hydrogens (tertiary/aromatic N) is 1. The predicted molar refractivity (Wildman–Crippen MR) is 136 cm³/mol. The van der Waals surface area contributed by atoms with Gasteiger partial charge in [0.05, 0.1) is 15.9 Å². The van der Waals surface area contributed by atoms with E-state index in [0.717, 1.165) is 16.7 Å². The number of nitro benzene ring substituents is 1. The quantitative estimate of drug-likeness (QED) is 0.209. The molecule has 3 nitrogen and oxygen atoms in total. The molecule has 0 saturated heterocycles. The lowest BCUT2D eigenvalue weighted by Crippen LogP contribution is -2.28. The second kappa shape index (κ2) is 7.82. The summed E-state index contributed by atoms with van der Waals surface area (Å²) in [5.74, 6) is 0. The summed E-state index contributed by atoms with van der Waals surface area (Å²) in [4.78, 5) is 11.5. The van der Waals surface area contributed by atoms with Crippen molar-refractivity contribution < 1.29 is 4.92 Å². The Labute approximate surface area is 198 Å². The minimum atomic E-state index is -0.520. The second-order valence-electron chi connectivity index (χ2n) is 8.56. The van der Waals surface area contributed by atoms with E-state index in [1.165, 1.54) is 22.3 Å². The van der Waals surface area contributed by atoms with Crippen LogP contribution in [-0.4, -0.2) is 4.92 Å². The highest BCUT2D eigenvalue weighted by Gasteiger charge is 2.46. The maximum atomic E-state index is 11.8. The minimum Gasteiger partial charge on any atom is -0.258 e. The largest absolute Gasteiger partial charge is 0.277 e. The van der Waals surface area contributed by atoms with E-state index in [1.54, 1.807) is 12.1 Å². The first kappa shape index (κ1) is 20.1. The predicted octanol–water partition coefficient (Wildman–Crippen LogP) is 7.62. The van der Waals surface area contributed by atoms with Gasteiger partial charge in [-0.25, -0.2) is 0 Å². The van der Waals surface area contributed by atoms with Crippen molar-refractivity contribution in [1.29, 1.82) is 0 Å². The van der Waals surface area contributed by atoms with E-state index < -0.39 is 5.41 Å². The van der Waals surface area contributed by atoms with Crippen molar-refractivity contribution in [3.8, 4) is 22.3 Å². The van der Waals surface area contributed by atoms with E-state index in [9.17, 15) is 10.1 Å². The molecule has 162 valence electrons. The SMILES string of the molecule is O=[N+]([O-])c1ccccc1-c1ccc2c(c1)C(c1ccccc1)(c1ccccc1)c1ccccc1-2. The normalized spacial score (nSPS) is 13.2. The van der Waals surface area contributed by atoms with Gasteiger partial charge < -0.3 is 0 Å². The van der Waals surface area contributed by atoms with E-state index >= 15 is 0 Å². The Morgan fingerprint density at radius 1 is 0.529 bits per heavy atom. The van der Waals surface area contributed by atoms with Gasteiger partial charge in [0.15, 0.2) is 0 Å². The van der Waals surface area contributed by atoms with E-state index in [2.05, 4.69) is 84.9 Å². The number of nitro groups is 1. The number of hydrogen-bond acceptors (Lipinski definition) is 2. The summed E-state index contributed by atoms with van der Waals surface area (Å²) in [5, 5.41) is 11.8. The van der Waals surface area contributed by atoms with Gasteiger partial charge in [-0.1, -0.05) is 109 Å². The molecule has 0 N–H and O–H groups in total. The summed E-state index contributed by atoms with van der Waals surface area (Å²) < 4.78 is 0. The average molecular weight is 440 g/mol. The molecule has 0 amide bonds. The number of hydrogen-bond donors (Lipinski definition) is 0. The van der Waals surface area contributed by atoms with Crippen LogP contribution >= 0.6 is 0 Å². The summed E-state index contributed by atoms with van der Waals surface area (Å²) in [6.07, 6.45) is 0. The maximum Gasteiger partial charge on any atom is 0.277 e. The molecule has 1 aliphatic carbocycles. The molecule has 0 spiro atoms. The van der Waals surface area contributed by atoms with Gasteiger partial charge >= 0.3 is 0 Å². The topological polar surface area (TPSA) is 43.1 Å². The highest BCUT2D eigenvalue weighted by atomic mass is 16.6. The molecule has 0 aromatic heterocycles. The Morgan fingerprint density at radius 3 is 1.71 bits per heavy atom. The number of fused-ring (bicyclic) bond motifs is 3. The van der Waals surface area contributed by atoms with E-state index in [-0.39, 0.29) is 10.6 Å². The Hall–Kier alpha value is -4.50. The van der Waals surface area contributed by atoms with Crippen LogP contribution in [0.15, 0.2) is 127 Å². The first-order valence-electron chi connectivity index (χ1n) is 11.3. The highest BCUT2D eigenvalue weighted by molar-refractivity contribution is 5.89. The van der Waals surface area contributed by atoms with Crippen molar-refractivity contribution in [3.63, 3.8) is 0 Å². The third kappa shape index (κ3) is 2.84. The molecule has 0 unspecified atom stereocenters. The monoisotopic (exact) mass is 439 g/mol. The third-order valence-electron chi connectivity index (χ3n) is 6.87. The summed E-state index contributed by atoms with van der Waals surface area (Å²) in [6, 6.07) is 42.9. The molecule has 6 rings (SSSR count). The summed E-state index contributed by atoms with van der Waals surface area (Å²) in [7, 11) is 0. The van der Waals surface area contributed by atoms with Gasteiger partial charge in [0.1, 0.15) is 0 Å². The molecular weight excluding hydrogens is 418 g/mol. The van der Waals surface area contributed by atoms with Crippen LogP contribution in [0.5, 0.6) is 0 Å². The first-order valence-corrected chi connectivity index (χ1v) is 11.3. The Kier molecular flexibility index (Phi) is 4.63. The zero-order valence-corrected chi connectivity index (χ0v) is 18.4. The lowest BCUT2D eigenvalue weighted by Gasteiger charge is -2.34. The van der Waals surface area contributed by atoms with Crippen LogP contribution in [0.25, 0.3) is 22.3 Å². The van der Waals surface area contributed by atoms with Crippen molar-refractivity contribution in [1.82, 2.24) is 0 Å². The molecule has 0 fully saturated rings. The molecule has 0 atom stereocenters. The molecule has 0 heterocycles. The fourth-order valence-electron chi connectivity index (χ4n) is 5.49. The molecule has 1 aliphatic rings. The van der Waals surface area contributed by atoms with Crippen LogP contribution in [-0.2, 0) is 5.41 Å². The second-order valence-corrected chi connectivity index (χ2v) is 8.56. The summed E-state index contributed by atoms with van der Waals surface area (Å²) in [5.41, 5.74) is 8.13. The standard InChI is InChI=1S/C31H21NO2/c33-32(34)30-18-10-8-15-25(30)22-19-20-27-26-16-7-9-17-28(26)31(29(27)21-22,23-11-3-1-4-12-23)24-13-5-2-6-14-24/h1-21H. The van der Waals surface area contributed by atoms with Gasteiger partial charge in [-0.3, -0.25) is 10.1 Å². The van der Waals surface area contributed by atoms with Crippen molar-refractivity contribution in [2.45, 2.75) is 5.41 Å². The average Bonchev–Trinajstić information content (AvgIpc) is 3.20. The van der Waals surface area contributed by atoms with Crippen LogP contribution < -0.4 is 0 Å². The van der Waals surface area contributed by atoms with Crippen LogP contribution in [0.1, 0.15) is 22.3 Å². The van der Waals surface area contributed by atoms with Gasteiger partial charge in [-0.2, -0.15) is 0 Å². The molecule has 0 bridgehead atoms. The van der Waals surface area contributed by atoms with Crippen LogP contribution in [0.2, 0.25) is 0 Å². The van der Waals surface area contributed by atoms with Gasteiger partial charge in [0.25, 0.3) is 5.69 Å². The summed E-state index contributed by atoms with van der Waals surface area (Å²) >= 11 is 0. The third-order valence-corrected chi connectivity index (χ3v) is 6.87. The maximum absolute atomic E-state index is 11.8. The van der Waals surface area contributed by atoms with Gasteiger partial charge in [0.2, 0.25) is 0 Å². The molecule has 34 heavy (non-hydrogen) atoms. The molecule has 0 radical (unpaired) electrons. The fraction of sp³-hybridized carbons (Fsp3) is 0.0323. The Bertz CT molecular complexity index is 1480. The first-order chi connectivity index (χ1) is 16.7. The zero-order valence-electron chi connectivity index (χ0n) is 18.4. The van der Waals surface area contributed by atoms with E-state index in [0.29, 0.717) is 5.56 Å². The fourth-order valence-corrected chi connectivity index (χ4v) is 5.49. The Morgan fingerprint density at radius 2 is 1.06 bits per heavy atom. The molecule has 5 aromatic carbocycles. The van der Waals surface area contributed by atoms with Gasteiger partial charge in [0, 0.05) is 6.07 Å². The summed E-state index contributed by atoms with van der Waals surface area (Å²) in [6.45, 7) is 0. The van der Waals surface area contributed by atoms with Crippen molar-refractivity contribution in [2.75, 3.05) is 0 Å². The number of para-hydroxylation sites is 1. The molecular formula is C31H21NO2. The van der Waals surface area contributed by atoms with Gasteiger partial charge in [-0.05, 0) is 51.1 Å². The lowest BCUT2D eigenvalue weighted by molar-refractivity contribution is -0.384. The molecule has 3 heteroatoms. The van der Waals surface area contributed by atoms with Crippen LogP contribution in [0.3, 0.4) is 0 Å². The van der Waals surface area contributed by atoms with Crippen LogP contribution in [0, 0.1) is 10.1 Å². The van der Waals surface area contributed by atoms with Gasteiger partial charge in [-0.15, -0.1) is 0 Å². The Balaban J connectivity index is 1.73. The van der Waals surface area contributed by atoms with E-state index in [1.807, 2.05) is 30.3 Å². The number of benzene rings is 5. The number of rotatable bonds is 4. The molecule has 5 aromatic rings. The van der Waals surface area contributed by atoms with Crippen molar-refractivity contribution in [3.05, 3.63) is 160 Å². The smallest absolute Gasteiger partial charge is 0.258 e.